The number of likely N-dealkylation sites (tertiary alicyclic amines) is 1. The highest BCUT2D eigenvalue weighted by Gasteiger charge is 2.32. The first-order valence-electron chi connectivity index (χ1n) is 6.20. The van der Waals surface area contributed by atoms with Gasteiger partial charge in [0.25, 0.3) is 0 Å². The van der Waals surface area contributed by atoms with Gasteiger partial charge in [-0.25, -0.2) is 0 Å². The molecule has 1 heterocycles. The number of halogens is 2. The lowest BCUT2D eigenvalue weighted by molar-refractivity contribution is 0.274. The summed E-state index contributed by atoms with van der Waals surface area (Å²) < 4.78 is 1.22. The molecule has 18 heavy (non-hydrogen) atoms. The molecule has 1 aromatic rings. The number of nitrogens with zero attached hydrogens (tertiary/aromatic N) is 1. The number of benzene rings is 1. The van der Waals surface area contributed by atoms with Gasteiger partial charge < -0.3 is 5.73 Å². The van der Waals surface area contributed by atoms with Crippen molar-refractivity contribution in [1.29, 1.82) is 0 Å². The quantitative estimate of drug-likeness (QED) is 0.919. The molecule has 102 valence electrons. The Morgan fingerprint density at radius 2 is 2.17 bits per heavy atom. The van der Waals surface area contributed by atoms with Gasteiger partial charge >= 0.3 is 0 Å². The van der Waals surface area contributed by atoms with Crippen LogP contribution in [0.5, 0.6) is 0 Å². The monoisotopic (exact) mass is 332 g/mol. The van der Waals surface area contributed by atoms with E-state index >= 15 is 0 Å². The van der Waals surface area contributed by atoms with Crippen molar-refractivity contribution < 1.29 is 0 Å². The lowest BCUT2D eigenvalue weighted by Crippen LogP contribution is -2.31. The van der Waals surface area contributed by atoms with Gasteiger partial charge in [0.1, 0.15) is 0 Å². The summed E-state index contributed by atoms with van der Waals surface area (Å²) in [5.74, 6) is 0. The zero-order valence-corrected chi connectivity index (χ0v) is 13.5. The number of hydrogen-bond donors (Lipinski definition) is 1. The summed E-state index contributed by atoms with van der Waals surface area (Å²) in [5, 5.41) is 0. The van der Waals surface area contributed by atoms with Crippen LogP contribution < -0.4 is 5.73 Å². The Balaban J connectivity index is 0.00000162. The van der Waals surface area contributed by atoms with E-state index in [1.54, 1.807) is 0 Å². The van der Waals surface area contributed by atoms with Crippen molar-refractivity contribution in [3.63, 3.8) is 0 Å². The average molecular weight is 334 g/mol. The molecule has 4 heteroatoms. The van der Waals surface area contributed by atoms with Crippen molar-refractivity contribution in [3.05, 3.63) is 33.8 Å². The van der Waals surface area contributed by atoms with E-state index in [4.69, 9.17) is 5.73 Å². The van der Waals surface area contributed by atoms with Crippen LogP contribution in [0.25, 0.3) is 0 Å². The molecule has 2 nitrogen and oxygen atoms in total. The third-order valence-electron chi connectivity index (χ3n) is 3.73. The molecule has 0 saturated carbocycles. The lowest BCUT2D eigenvalue weighted by atomic mass is 9.90. The summed E-state index contributed by atoms with van der Waals surface area (Å²) in [6, 6.07) is 6.59. The van der Waals surface area contributed by atoms with Crippen LogP contribution in [0.3, 0.4) is 0 Å². The minimum Gasteiger partial charge on any atom is -0.330 e. The van der Waals surface area contributed by atoms with Gasteiger partial charge in [-0.2, -0.15) is 0 Å². The number of hydrogen-bond acceptors (Lipinski definition) is 2. The van der Waals surface area contributed by atoms with E-state index in [-0.39, 0.29) is 12.4 Å². The van der Waals surface area contributed by atoms with Crippen molar-refractivity contribution in [1.82, 2.24) is 4.90 Å². The van der Waals surface area contributed by atoms with Gasteiger partial charge in [0.15, 0.2) is 0 Å². The molecule has 1 unspecified atom stereocenters. The fraction of sp³-hybridized carbons (Fsp3) is 0.571. The summed E-state index contributed by atoms with van der Waals surface area (Å²) in [5.41, 5.74) is 8.83. The minimum absolute atomic E-state index is 0. The molecule has 0 amide bonds. The second-order valence-electron chi connectivity index (χ2n) is 5.57. The Kier molecular flexibility index (Phi) is 5.66. The first kappa shape index (κ1) is 16.0. The fourth-order valence-corrected chi connectivity index (χ4v) is 3.07. The molecule has 0 bridgehead atoms. The van der Waals surface area contributed by atoms with E-state index in [2.05, 4.69) is 52.9 Å². The van der Waals surface area contributed by atoms with Crippen LogP contribution in [0.15, 0.2) is 22.7 Å². The number of aryl methyl sites for hydroxylation is 1. The van der Waals surface area contributed by atoms with Gasteiger partial charge in [0.05, 0.1) is 0 Å². The van der Waals surface area contributed by atoms with Gasteiger partial charge in [0.2, 0.25) is 0 Å². The van der Waals surface area contributed by atoms with Gasteiger partial charge in [-0.3, -0.25) is 4.90 Å². The average Bonchev–Trinajstić information content (AvgIpc) is 2.66. The lowest BCUT2D eigenvalue weighted by Gasteiger charge is -2.23. The third-order valence-corrected chi connectivity index (χ3v) is 4.47. The van der Waals surface area contributed by atoms with E-state index in [1.165, 1.54) is 22.0 Å². The van der Waals surface area contributed by atoms with Gasteiger partial charge in [-0.1, -0.05) is 35.0 Å². The molecule has 0 aliphatic carbocycles. The molecule has 1 aromatic carbocycles. The Labute approximate surface area is 124 Å². The van der Waals surface area contributed by atoms with E-state index in [0.29, 0.717) is 5.41 Å². The standard InChI is InChI=1S/C14H21BrN2.ClH/c1-11-3-4-12(13(15)7-11)8-17-6-5-14(2,9-16)10-17;/h3-4,7H,5-6,8-10,16H2,1-2H3;1H. The normalized spacial score (nSPS) is 24.0. The van der Waals surface area contributed by atoms with E-state index < -0.39 is 0 Å². The predicted octanol–water partition coefficient (Wildman–Crippen LogP) is 3.35. The molecule has 0 radical (unpaired) electrons. The van der Waals surface area contributed by atoms with Crippen molar-refractivity contribution in [3.8, 4) is 0 Å². The van der Waals surface area contributed by atoms with Crippen molar-refractivity contribution in [2.75, 3.05) is 19.6 Å². The fourth-order valence-electron chi connectivity index (χ4n) is 2.45. The second-order valence-corrected chi connectivity index (χ2v) is 6.42. The van der Waals surface area contributed by atoms with Gasteiger partial charge in [0, 0.05) is 17.6 Å². The smallest absolute Gasteiger partial charge is 0.0245 e. The highest BCUT2D eigenvalue weighted by Crippen LogP contribution is 2.30. The summed E-state index contributed by atoms with van der Waals surface area (Å²) in [6.07, 6.45) is 1.22. The molecular weight excluding hydrogens is 312 g/mol. The minimum atomic E-state index is 0. The van der Waals surface area contributed by atoms with E-state index in [0.717, 1.165) is 26.2 Å². The number of rotatable bonds is 3. The predicted molar refractivity (Wildman–Crippen MR) is 83.2 cm³/mol. The Bertz CT molecular complexity index is 411. The molecule has 1 saturated heterocycles. The number of nitrogens with two attached hydrogens (primary N) is 1. The zero-order valence-electron chi connectivity index (χ0n) is 11.1. The molecule has 1 atom stereocenters. The van der Waals surface area contributed by atoms with Crippen molar-refractivity contribution in [2.24, 2.45) is 11.1 Å². The van der Waals surface area contributed by atoms with Gasteiger partial charge in [-0.15, -0.1) is 12.4 Å². The third kappa shape index (κ3) is 3.70. The molecule has 1 aliphatic heterocycles. The Morgan fingerprint density at radius 1 is 1.44 bits per heavy atom. The first-order chi connectivity index (χ1) is 8.02. The van der Waals surface area contributed by atoms with Crippen molar-refractivity contribution >= 4 is 28.3 Å². The Hall–Kier alpha value is -0.0900. The molecule has 1 aliphatic rings. The summed E-state index contributed by atoms with van der Waals surface area (Å²) in [4.78, 5) is 2.50. The van der Waals surface area contributed by atoms with Crippen LogP contribution in [0, 0.1) is 12.3 Å². The van der Waals surface area contributed by atoms with E-state index in [1.807, 2.05) is 0 Å². The summed E-state index contributed by atoms with van der Waals surface area (Å²) in [7, 11) is 0. The maximum atomic E-state index is 5.84. The van der Waals surface area contributed by atoms with Crippen LogP contribution in [-0.2, 0) is 6.54 Å². The molecule has 2 N–H and O–H groups in total. The van der Waals surface area contributed by atoms with Crippen LogP contribution in [0.2, 0.25) is 0 Å². The van der Waals surface area contributed by atoms with Crippen LogP contribution in [0.4, 0.5) is 0 Å². The second kappa shape index (κ2) is 6.38. The van der Waals surface area contributed by atoms with Crippen LogP contribution >= 0.6 is 28.3 Å². The maximum absolute atomic E-state index is 5.84. The van der Waals surface area contributed by atoms with Crippen molar-refractivity contribution in [2.45, 2.75) is 26.8 Å². The van der Waals surface area contributed by atoms with Crippen LogP contribution in [0.1, 0.15) is 24.5 Å². The topological polar surface area (TPSA) is 29.3 Å². The molecule has 1 fully saturated rings. The van der Waals surface area contributed by atoms with E-state index in [9.17, 15) is 0 Å². The molecular formula is C14H22BrClN2. The van der Waals surface area contributed by atoms with Crippen LogP contribution in [-0.4, -0.2) is 24.5 Å². The SMILES string of the molecule is Cc1ccc(CN2CCC(C)(CN)C2)c(Br)c1.Cl. The molecule has 0 aromatic heterocycles. The largest absolute Gasteiger partial charge is 0.330 e. The highest BCUT2D eigenvalue weighted by molar-refractivity contribution is 9.10. The maximum Gasteiger partial charge on any atom is 0.0245 e. The molecule has 2 rings (SSSR count). The molecule has 0 spiro atoms. The zero-order chi connectivity index (χ0) is 12.5. The van der Waals surface area contributed by atoms with Gasteiger partial charge in [-0.05, 0) is 49.0 Å². The highest BCUT2D eigenvalue weighted by atomic mass is 79.9. The summed E-state index contributed by atoms with van der Waals surface area (Å²) >= 11 is 3.65. The summed E-state index contributed by atoms with van der Waals surface area (Å²) in [6.45, 7) is 8.50. The first-order valence-corrected chi connectivity index (χ1v) is 6.99. The Morgan fingerprint density at radius 3 is 2.72 bits per heavy atom.